The Morgan fingerprint density at radius 2 is 1.50 bits per heavy atom. The minimum Gasteiger partial charge on any atom is -0.307 e. The maximum absolute atomic E-state index is 12.9. The van der Waals surface area contributed by atoms with Gasteiger partial charge in [0.05, 0.1) is 0 Å². The van der Waals surface area contributed by atoms with E-state index in [1.807, 2.05) is 48.5 Å². The van der Waals surface area contributed by atoms with Crippen LogP contribution in [-0.2, 0) is 11.2 Å². The molecule has 0 N–H and O–H groups in total. The van der Waals surface area contributed by atoms with Crippen molar-refractivity contribution >= 4 is 5.78 Å². The minimum atomic E-state index is -0.0428. The molecular weight excluding hydrogens is 270 g/mol. The molecule has 0 aromatic heterocycles. The predicted octanol–water partition coefficient (Wildman–Crippen LogP) is 3.92. The maximum Gasteiger partial charge on any atom is 0.144 e. The quantitative estimate of drug-likeness (QED) is 0.771. The van der Waals surface area contributed by atoms with Crippen LogP contribution in [-0.4, -0.2) is 30.8 Å². The molecule has 0 radical (unpaired) electrons. The summed E-state index contributed by atoms with van der Waals surface area (Å²) >= 11 is 0. The Kier molecular flexibility index (Phi) is 5.91. The van der Waals surface area contributed by atoms with Crippen molar-refractivity contribution in [3.63, 3.8) is 0 Å². The summed E-state index contributed by atoms with van der Waals surface area (Å²) in [6, 6.07) is 20.5. The van der Waals surface area contributed by atoms with Gasteiger partial charge in [-0.2, -0.15) is 0 Å². The van der Waals surface area contributed by atoms with Crippen LogP contribution in [0.15, 0.2) is 60.7 Å². The lowest BCUT2D eigenvalue weighted by Gasteiger charge is -2.25. The fraction of sp³-hybridized carbons (Fsp3) is 0.350. The summed E-state index contributed by atoms with van der Waals surface area (Å²) in [5.41, 5.74) is 2.21. The number of hydrogen-bond donors (Lipinski definition) is 0. The van der Waals surface area contributed by atoms with Crippen LogP contribution in [0, 0.1) is 0 Å². The normalized spacial score (nSPS) is 13.8. The molecule has 0 aliphatic carbocycles. The van der Waals surface area contributed by atoms with E-state index in [9.17, 15) is 4.79 Å². The Morgan fingerprint density at radius 3 is 2.05 bits per heavy atom. The molecule has 0 amide bonds. The lowest BCUT2D eigenvalue weighted by Crippen LogP contribution is -2.29. The van der Waals surface area contributed by atoms with Gasteiger partial charge in [0.1, 0.15) is 5.78 Å². The summed E-state index contributed by atoms with van der Waals surface area (Å²) < 4.78 is 0. The van der Waals surface area contributed by atoms with Gasteiger partial charge in [-0.1, -0.05) is 60.7 Å². The van der Waals surface area contributed by atoms with Crippen molar-refractivity contribution in [2.45, 2.75) is 31.7 Å². The first kappa shape index (κ1) is 16.4. The number of nitrogens with zero attached hydrogens (tertiary/aromatic N) is 1. The summed E-state index contributed by atoms with van der Waals surface area (Å²) in [5.74, 6) is 0.255. The number of Topliss-reactive ketones (excluding diaryl/α,β-unsaturated/α-hetero) is 1. The van der Waals surface area contributed by atoms with Crippen LogP contribution < -0.4 is 0 Å². The largest absolute Gasteiger partial charge is 0.307 e. The standard InChI is InChI=1S/C20H25NO/c1-16(21(2)3)14-19(18-12-8-5-9-13-18)20(22)15-17-10-6-4-7-11-17/h4-13,16,19H,14-15H2,1-3H3. The number of rotatable bonds is 7. The molecule has 2 atom stereocenters. The average Bonchev–Trinajstić information content (AvgIpc) is 2.54. The first-order valence-corrected chi connectivity index (χ1v) is 7.86. The lowest BCUT2D eigenvalue weighted by atomic mass is 9.86. The molecule has 2 rings (SSSR count). The van der Waals surface area contributed by atoms with Crippen LogP contribution in [0.5, 0.6) is 0 Å². The summed E-state index contributed by atoms with van der Waals surface area (Å²) in [7, 11) is 4.13. The highest BCUT2D eigenvalue weighted by Crippen LogP contribution is 2.25. The van der Waals surface area contributed by atoms with Gasteiger partial charge >= 0.3 is 0 Å². The van der Waals surface area contributed by atoms with Gasteiger partial charge in [-0.05, 0) is 38.6 Å². The van der Waals surface area contributed by atoms with Crippen LogP contribution in [0.25, 0.3) is 0 Å². The van der Waals surface area contributed by atoms with Gasteiger partial charge in [0.2, 0.25) is 0 Å². The second kappa shape index (κ2) is 7.90. The molecule has 0 aliphatic rings. The molecule has 2 nitrogen and oxygen atoms in total. The van der Waals surface area contributed by atoms with Crippen molar-refractivity contribution < 1.29 is 4.79 Å². The number of benzene rings is 2. The summed E-state index contributed by atoms with van der Waals surface area (Å²) in [6.07, 6.45) is 1.35. The molecule has 0 bridgehead atoms. The highest BCUT2D eigenvalue weighted by Gasteiger charge is 2.23. The van der Waals surface area contributed by atoms with Crippen LogP contribution in [0.4, 0.5) is 0 Å². The number of ketones is 1. The molecule has 0 heterocycles. The predicted molar refractivity (Wildman–Crippen MR) is 92.1 cm³/mol. The molecule has 22 heavy (non-hydrogen) atoms. The van der Waals surface area contributed by atoms with E-state index in [2.05, 4.69) is 38.1 Å². The van der Waals surface area contributed by atoms with Crippen LogP contribution >= 0.6 is 0 Å². The zero-order valence-electron chi connectivity index (χ0n) is 13.7. The summed E-state index contributed by atoms with van der Waals surface area (Å²) in [5, 5.41) is 0. The number of hydrogen-bond acceptors (Lipinski definition) is 2. The van der Waals surface area contributed by atoms with Gasteiger partial charge in [0.25, 0.3) is 0 Å². The fourth-order valence-corrected chi connectivity index (χ4v) is 2.61. The third-order valence-electron chi connectivity index (χ3n) is 4.27. The maximum atomic E-state index is 12.9. The topological polar surface area (TPSA) is 20.3 Å². The Labute approximate surface area is 133 Å². The van der Waals surface area contributed by atoms with Gasteiger partial charge in [-0.25, -0.2) is 0 Å². The smallest absolute Gasteiger partial charge is 0.144 e. The Hall–Kier alpha value is -1.93. The molecule has 0 spiro atoms. The van der Waals surface area contributed by atoms with E-state index in [1.54, 1.807) is 0 Å². The monoisotopic (exact) mass is 295 g/mol. The molecule has 2 aromatic rings. The Balaban J connectivity index is 2.18. The molecule has 0 saturated carbocycles. The van der Waals surface area contributed by atoms with Gasteiger partial charge in [-0.3, -0.25) is 4.79 Å². The summed E-state index contributed by atoms with van der Waals surface area (Å²) in [4.78, 5) is 15.0. The number of carbonyl (C=O) groups is 1. The van der Waals surface area contributed by atoms with Crippen molar-refractivity contribution in [3.8, 4) is 0 Å². The third kappa shape index (κ3) is 4.54. The first-order chi connectivity index (χ1) is 10.6. The third-order valence-corrected chi connectivity index (χ3v) is 4.27. The van der Waals surface area contributed by atoms with E-state index in [0.29, 0.717) is 18.2 Å². The highest BCUT2D eigenvalue weighted by atomic mass is 16.1. The first-order valence-electron chi connectivity index (χ1n) is 7.86. The van der Waals surface area contributed by atoms with Crippen molar-refractivity contribution in [3.05, 3.63) is 71.8 Å². The second-order valence-electron chi connectivity index (χ2n) is 6.14. The average molecular weight is 295 g/mol. The lowest BCUT2D eigenvalue weighted by molar-refractivity contribution is -0.120. The van der Waals surface area contributed by atoms with Crippen molar-refractivity contribution in [1.82, 2.24) is 4.90 Å². The van der Waals surface area contributed by atoms with Crippen molar-refractivity contribution in [1.29, 1.82) is 0 Å². The SMILES string of the molecule is CC(CC(C(=O)Cc1ccccc1)c1ccccc1)N(C)C. The van der Waals surface area contributed by atoms with Gasteiger partial charge in [0.15, 0.2) is 0 Å². The summed E-state index contributed by atoms with van der Waals surface area (Å²) in [6.45, 7) is 2.17. The number of carbonyl (C=O) groups excluding carboxylic acids is 1. The van der Waals surface area contributed by atoms with E-state index in [-0.39, 0.29) is 5.92 Å². The zero-order valence-corrected chi connectivity index (χ0v) is 13.7. The molecular formula is C20H25NO. The van der Waals surface area contributed by atoms with Gasteiger partial charge < -0.3 is 4.90 Å². The van der Waals surface area contributed by atoms with Crippen LogP contribution in [0.3, 0.4) is 0 Å². The minimum absolute atomic E-state index is 0.0428. The Bertz CT molecular complexity index is 577. The van der Waals surface area contributed by atoms with Gasteiger partial charge in [-0.15, -0.1) is 0 Å². The molecule has 0 aliphatic heterocycles. The Morgan fingerprint density at radius 1 is 0.955 bits per heavy atom. The fourth-order valence-electron chi connectivity index (χ4n) is 2.61. The van der Waals surface area contributed by atoms with E-state index >= 15 is 0 Å². The van der Waals surface area contributed by atoms with E-state index in [4.69, 9.17) is 0 Å². The molecule has 2 unspecified atom stereocenters. The van der Waals surface area contributed by atoms with E-state index < -0.39 is 0 Å². The van der Waals surface area contributed by atoms with E-state index in [1.165, 1.54) is 0 Å². The zero-order chi connectivity index (χ0) is 15.9. The van der Waals surface area contributed by atoms with E-state index in [0.717, 1.165) is 17.5 Å². The molecule has 0 fully saturated rings. The molecule has 0 saturated heterocycles. The molecule has 2 aromatic carbocycles. The second-order valence-corrected chi connectivity index (χ2v) is 6.14. The molecule has 116 valence electrons. The van der Waals surface area contributed by atoms with Gasteiger partial charge in [0, 0.05) is 18.4 Å². The van der Waals surface area contributed by atoms with Crippen LogP contribution in [0.1, 0.15) is 30.4 Å². The highest BCUT2D eigenvalue weighted by molar-refractivity contribution is 5.87. The van der Waals surface area contributed by atoms with Crippen molar-refractivity contribution in [2.24, 2.45) is 0 Å². The van der Waals surface area contributed by atoms with Crippen molar-refractivity contribution in [2.75, 3.05) is 14.1 Å². The molecule has 2 heteroatoms. The van der Waals surface area contributed by atoms with Crippen LogP contribution in [0.2, 0.25) is 0 Å².